The number of pyridine rings is 2. The van der Waals surface area contributed by atoms with Crippen molar-refractivity contribution in [3.8, 4) is 17.0 Å². The van der Waals surface area contributed by atoms with Gasteiger partial charge in [0.1, 0.15) is 5.82 Å². The molecule has 3 aromatic heterocycles. The Morgan fingerprint density at radius 1 is 1.23 bits per heavy atom. The van der Waals surface area contributed by atoms with Crippen LogP contribution in [0.25, 0.3) is 11.1 Å². The molecule has 1 N–H and O–H groups in total. The minimum atomic E-state index is -0.366. The Kier molecular flexibility index (Phi) is 5.05. The van der Waals surface area contributed by atoms with Crippen molar-refractivity contribution in [2.75, 3.05) is 12.4 Å². The molecular formula is C23H27N5O2. The fourth-order valence-electron chi connectivity index (χ4n) is 3.95. The van der Waals surface area contributed by atoms with Gasteiger partial charge in [0, 0.05) is 36.3 Å². The highest BCUT2D eigenvalue weighted by molar-refractivity contribution is 5.95. The van der Waals surface area contributed by atoms with Gasteiger partial charge in [-0.05, 0) is 54.5 Å². The van der Waals surface area contributed by atoms with Crippen LogP contribution in [0, 0.1) is 12.3 Å². The van der Waals surface area contributed by atoms with E-state index in [9.17, 15) is 4.79 Å². The van der Waals surface area contributed by atoms with Crippen molar-refractivity contribution in [1.29, 1.82) is 0 Å². The van der Waals surface area contributed by atoms with Crippen LogP contribution >= 0.6 is 0 Å². The smallest absolute Gasteiger partial charge is 0.232 e. The lowest BCUT2D eigenvalue weighted by Crippen LogP contribution is -2.19. The second-order valence-electron chi connectivity index (χ2n) is 8.73. The zero-order chi connectivity index (χ0) is 21.5. The zero-order valence-electron chi connectivity index (χ0n) is 18.1. The third-order valence-corrected chi connectivity index (χ3v) is 5.68. The third-order valence-electron chi connectivity index (χ3n) is 5.68. The van der Waals surface area contributed by atoms with E-state index in [0.717, 1.165) is 35.2 Å². The van der Waals surface area contributed by atoms with Crippen LogP contribution < -0.4 is 10.1 Å². The van der Waals surface area contributed by atoms with E-state index < -0.39 is 0 Å². The molecule has 0 aromatic carbocycles. The van der Waals surface area contributed by atoms with Gasteiger partial charge in [-0.15, -0.1) is 0 Å². The summed E-state index contributed by atoms with van der Waals surface area (Å²) in [5.41, 5.74) is 5.50. The van der Waals surface area contributed by atoms with Gasteiger partial charge in [-0.1, -0.05) is 13.8 Å². The van der Waals surface area contributed by atoms with Gasteiger partial charge < -0.3 is 10.1 Å². The van der Waals surface area contributed by atoms with E-state index in [1.54, 1.807) is 25.6 Å². The number of aromatic nitrogens is 4. The molecule has 7 nitrogen and oxygen atoms in total. The summed E-state index contributed by atoms with van der Waals surface area (Å²) in [6.07, 6.45) is 6.34. The maximum absolute atomic E-state index is 12.8. The van der Waals surface area contributed by atoms with Crippen LogP contribution in [-0.2, 0) is 17.8 Å². The van der Waals surface area contributed by atoms with Crippen molar-refractivity contribution < 1.29 is 9.53 Å². The molecule has 1 aliphatic rings. The number of hydrogen-bond acceptors (Lipinski definition) is 5. The second kappa shape index (κ2) is 7.55. The molecule has 4 rings (SSSR count). The Labute approximate surface area is 176 Å². The summed E-state index contributed by atoms with van der Waals surface area (Å²) in [4.78, 5) is 21.4. The SMILES string of the molecule is COc1cc([C@@H](C)C(=O)Nc2cc(-c3cnn4c3CC(C)(C)C4)c(C)cn2)ccn1. The van der Waals surface area contributed by atoms with Crippen LogP contribution in [0.5, 0.6) is 5.88 Å². The fraction of sp³-hybridized carbons (Fsp3) is 0.391. The van der Waals surface area contributed by atoms with Crippen molar-refractivity contribution >= 4 is 11.7 Å². The quantitative estimate of drug-likeness (QED) is 0.694. The summed E-state index contributed by atoms with van der Waals surface area (Å²) in [6, 6.07) is 5.53. The number of hydrogen-bond donors (Lipinski definition) is 1. The van der Waals surface area contributed by atoms with E-state index >= 15 is 0 Å². The number of aryl methyl sites for hydroxylation is 1. The zero-order valence-corrected chi connectivity index (χ0v) is 18.1. The number of carbonyl (C=O) groups is 1. The number of methoxy groups -OCH3 is 1. The fourth-order valence-corrected chi connectivity index (χ4v) is 3.95. The standard InChI is InChI=1S/C23H27N5O2/c1-14-11-25-20(27-22(29)15(2)16-6-7-24-21(8-16)30-5)9-17(14)18-12-26-28-13-23(3,4)10-19(18)28/h6-9,11-12,15H,10,13H2,1-5H3,(H,25,27,29)/t15-/m1/s1. The molecule has 0 unspecified atom stereocenters. The van der Waals surface area contributed by atoms with Gasteiger partial charge in [-0.25, -0.2) is 9.97 Å². The number of nitrogens with zero attached hydrogens (tertiary/aromatic N) is 4. The number of anilines is 1. The number of nitrogens with one attached hydrogen (secondary N) is 1. The molecule has 0 saturated carbocycles. The predicted molar refractivity (Wildman–Crippen MR) is 116 cm³/mol. The molecule has 1 atom stereocenters. The van der Waals surface area contributed by atoms with E-state index in [4.69, 9.17) is 4.74 Å². The summed E-state index contributed by atoms with van der Waals surface area (Å²) < 4.78 is 7.25. The number of carbonyl (C=O) groups excluding carboxylic acids is 1. The molecule has 0 aliphatic carbocycles. The third kappa shape index (κ3) is 3.79. The molecule has 7 heteroatoms. The Morgan fingerprint density at radius 2 is 2.03 bits per heavy atom. The van der Waals surface area contributed by atoms with Crippen LogP contribution in [0.2, 0.25) is 0 Å². The summed E-state index contributed by atoms with van der Waals surface area (Å²) in [5.74, 6) is 0.521. The van der Waals surface area contributed by atoms with Crippen LogP contribution in [0.3, 0.4) is 0 Å². The molecule has 30 heavy (non-hydrogen) atoms. The minimum Gasteiger partial charge on any atom is -0.481 e. The molecule has 1 amide bonds. The first-order valence-corrected chi connectivity index (χ1v) is 10.1. The number of amides is 1. The van der Waals surface area contributed by atoms with Gasteiger partial charge in [0.25, 0.3) is 0 Å². The first-order chi connectivity index (χ1) is 14.3. The largest absolute Gasteiger partial charge is 0.481 e. The monoisotopic (exact) mass is 405 g/mol. The van der Waals surface area contributed by atoms with E-state index in [2.05, 4.69) is 38.9 Å². The maximum Gasteiger partial charge on any atom is 0.232 e. The molecule has 0 fully saturated rings. The molecule has 0 radical (unpaired) electrons. The van der Waals surface area contributed by atoms with Crippen molar-refractivity contribution in [2.24, 2.45) is 5.41 Å². The minimum absolute atomic E-state index is 0.132. The predicted octanol–water partition coefficient (Wildman–Crippen LogP) is 3.98. The van der Waals surface area contributed by atoms with Crippen LogP contribution in [0.1, 0.15) is 43.5 Å². The van der Waals surface area contributed by atoms with E-state index in [1.807, 2.05) is 32.2 Å². The molecule has 3 aromatic rings. The van der Waals surface area contributed by atoms with Gasteiger partial charge in [0.05, 0.1) is 19.2 Å². The van der Waals surface area contributed by atoms with E-state index in [0.29, 0.717) is 11.7 Å². The number of fused-ring (bicyclic) bond motifs is 1. The lowest BCUT2D eigenvalue weighted by atomic mass is 9.89. The Morgan fingerprint density at radius 3 is 2.80 bits per heavy atom. The van der Waals surface area contributed by atoms with Gasteiger partial charge in [0.15, 0.2) is 0 Å². The molecule has 4 heterocycles. The van der Waals surface area contributed by atoms with Gasteiger partial charge in [-0.3, -0.25) is 9.48 Å². The molecular weight excluding hydrogens is 378 g/mol. The second-order valence-corrected chi connectivity index (χ2v) is 8.73. The first-order valence-electron chi connectivity index (χ1n) is 10.1. The number of rotatable bonds is 5. The average Bonchev–Trinajstić information content (AvgIpc) is 3.23. The summed E-state index contributed by atoms with van der Waals surface area (Å²) in [6.45, 7) is 9.32. The Bertz CT molecular complexity index is 1100. The molecule has 0 saturated heterocycles. The molecule has 156 valence electrons. The Hall–Kier alpha value is -3.22. The summed E-state index contributed by atoms with van der Waals surface area (Å²) >= 11 is 0. The van der Waals surface area contributed by atoms with Crippen LogP contribution in [0.15, 0.2) is 36.8 Å². The van der Waals surface area contributed by atoms with Gasteiger partial charge >= 0.3 is 0 Å². The van der Waals surface area contributed by atoms with E-state index in [1.165, 1.54) is 5.69 Å². The average molecular weight is 406 g/mol. The van der Waals surface area contributed by atoms with Crippen LogP contribution in [-0.4, -0.2) is 32.8 Å². The highest BCUT2D eigenvalue weighted by atomic mass is 16.5. The molecule has 0 bridgehead atoms. The highest BCUT2D eigenvalue weighted by Crippen LogP contribution is 2.38. The number of ether oxygens (including phenoxy) is 1. The maximum atomic E-state index is 12.8. The van der Waals surface area contributed by atoms with Gasteiger partial charge in [0.2, 0.25) is 11.8 Å². The van der Waals surface area contributed by atoms with Crippen LogP contribution in [0.4, 0.5) is 5.82 Å². The highest BCUT2D eigenvalue weighted by Gasteiger charge is 2.32. The topological polar surface area (TPSA) is 81.9 Å². The van der Waals surface area contributed by atoms with Crippen molar-refractivity contribution in [2.45, 2.75) is 46.6 Å². The first kappa shape index (κ1) is 20.1. The Balaban J connectivity index is 1.58. The van der Waals surface area contributed by atoms with Crippen molar-refractivity contribution in [1.82, 2.24) is 19.7 Å². The van der Waals surface area contributed by atoms with Gasteiger partial charge in [-0.2, -0.15) is 5.10 Å². The summed E-state index contributed by atoms with van der Waals surface area (Å²) in [7, 11) is 1.56. The van der Waals surface area contributed by atoms with E-state index in [-0.39, 0.29) is 17.2 Å². The lowest BCUT2D eigenvalue weighted by Gasteiger charge is -2.15. The lowest BCUT2D eigenvalue weighted by molar-refractivity contribution is -0.117. The normalized spacial score (nSPS) is 15.5. The van der Waals surface area contributed by atoms with Crippen molar-refractivity contribution in [3.63, 3.8) is 0 Å². The molecule has 0 spiro atoms. The summed E-state index contributed by atoms with van der Waals surface area (Å²) in [5, 5.41) is 7.53. The van der Waals surface area contributed by atoms with Crippen molar-refractivity contribution in [3.05, 3.63) is 53.6 Å². The molecule has 1 aliphatic heterocycles.